The molecule has 0 saturated heterocycles. The Bertz CT molecular complexity index is 387. The first-order chi connectivity index (χ1) is 7.15. The number of nitrogens with zero attached hydrogens (tertiary/aromatic N) is 2. The maximum Gasteiger partial charge on any atom is 0.134 e. The first-order valence-electron chi connectivity index (χ1n) is 5.30. The third-order valence-corrected chi connectivity index (χ3v) is 2.74. The van der Waals surface area contributed by atoms with Gasteiger partial charge in [0.25, 0.3) is 0 Å². The Labute approximate surface area is 90.1 Å². The van der Waals surface area contributed by atoms with Crippen molar-refractivity contribution in [3.8, 4) is 0 Å². The van der Waals surface area contributed by atoms with Crippen molar-refractivity contribution in [1.29, 1.82) is 0 Å². The zero-order valence-electron chi connectivity index (χ0n) is 9.29. The topological polar surface area (TPSA) is 33.2 Å². The first-order valence-corrected chi connectivity index (χ1v) is 5.30. The maximum atomic E-state index is 11.0. The Kier molecular flexibility index (Phi) is 2.82. The van der Waals surface area contributed by atoms with Crippen molar-refractivity contribution in [3.05, 3.63) is 29.1 Å². The zero-order chi connectivity index (χ0) is 10.8. The Morgan fingerprint density at radius 2 is 2.40 bits per heavy atom. The summed E-state index contributed by atoms with van der Waals surface area (Å²) in [7, 11) is 2.11. The van der Waals surface area contributed by atoms with Crippen LogP contribution in [0.3, 0.4) is 0 Å². The van der Waals surface area contributed by atoms with Gasteiger partial charge in [0.2, 0.25) is 0 Å². The number of hydrogen-bond acceptors (Lipinski definition) is 3. The van der Waals surface area contributed by atoms with Gasteiger partial charge in [-0.2, -0.15) is 0 Å². The fourth-order valence-corrected chi connectivity index (χ4v) is 2.00. The molecule has 80 valence electrons. The lowest BCUT2D eigenvalue weighted by molar-refractivity contribution is -0.116. The van der Waals surface area contributed by atoms with Gasteiger partial charge in [0.05, 0.1) is 0 Å². The average molecular weight is 204 g/mol. The highest BCUT2D eigenvalue weighted by molar-refractivity contribution is 5.78. The summed E-state index contributed by atoms with van der Waals surface area (Å²) < 4.78 is 0. The molecular weight excluding hydrogens is 188 g/mol. The molecule has 15 heavy (non-hydrogen) atoms. The van der Waals surface area contributed by atoms with Gasteiger partial charge in [-0.15, -0.1) is 0 Å². The van der Waals surface area contributed by atoms with Gasteiger partial charge in [0.15, 0.2) is 0 Å². The van der Waals surface area contributed by atoms with E-state index in [9.17, 15) is 4.79 Å². The molecule has 0 aromatic carbocycles. The van der Waals surface area contributed by atoms with Crippen LogP contribution in [0, 0.1) is 0 Å². The van der Waals surface area contributed by atoms with Crippen molar-refractivity contribution in [2.45, 2.75) is 26.3 Å². The predicted molar refractivity (Wildman–Crippen MR) is 58.7 cm³/mol. The van der Waals surface area contributed by atoms with E-state index in [-0.39, 0.29) is 5.78 Å². The van der Waals surface area contributed by atoms with Crippen LogP contribution in [0.25, 0.3) is 0 Å². The van der Waals surface area contributed by atoms with Crippen LogP contribution in [0.4, 0.5) is 0 Å². The van der Waals surface area contributed by atoms with Crippen molar-refractivity contribution in [1.82, 2.24) is 9.88 Å². The number of pyridine rings is 1. The van der Waals surface area contributed by atoms with Crippen LogP contribution >= 0.6 is 0 Å². The fraction of sp³-hybridized carbons (Fsp3) is 0.500. The molecule has 0 aliphatic carbocycles. The minimum Gasteiger partial charge on any atom is -0.302 e. The maximum absolute atomic E-state index is 11.0. The van der Waals surface area contributed by atoms with Gasteiger partial charge in [-0.3, -0.25) is 9.78 Å². The summed E-state index contributed by atoms with van der Waals surface area (Å²) in [5.74, 6) is 0.195. The van der Waals surface area contributed by atoms with Crippen molar-refractivity contribution in [2.24, 2.45) is 0 Å². The second-order valence-electron chi connectivity index (χ2n) is 4.32. The van der Waals surface area contributed by atoms with Crippen LogP contribution in [-0.2, 0) is 24.2 Å². The van der Waals surface area contributed by atoms with E-state index in [1.54, 1.807) is 6.92 Å². The highest BCUT2D eigenvalue weighted by Gasteiger charge is 2.14. The number of Topliss-reactive ketones (excluding diaryl/α,β-unsaturated/α-hetero) is 1. The normalized spacial score (nSPS) is 16.1. The molecule has 0 radical (unpaired) electrons. The number of aromatic nitrogens is 1. The summed E-state index contributed by atoms with van der Waals surface area (Å²) in [5.41, 5.74) is 3.51. The first kappa shape index (κ1) is 10.3. The third-order valence-electron chi connectivity index (χ3n) is 2.74. The van der Waals surface area contributed by atoms with Crippen molar-refractivity contribution in [2.75, 3.05) is 13.6 Å². The lowest BCUT2D eigenvalue weighted by Crippen LogP contribution is -2.27. The van der Waals surface area contributed by atoms with E-state index in [2.05, 4.69) is 23.0 Å². The van der Waals surface area contributed by atoms with Crippen LogP contribution < -0.4 is 0 Å². The Morgan fingerprint density at radius 3 is 3.13 bits per heavy atom. The number of likely N-dealkylation sites (N-methyl/N-ethyl adjacent to an activating group) is 1. The lowest BCUT2D eigenvalue weighted by Gasteiger charge is -2.24. The predicted octanol–water partition coefficient (Wildman–Crippen LogP) is 1.20. The molecule has 1 aromatic heterocycles. The number of carbonyl (C=O) groups excluding carboxylic acids is 1. The SMILES string of the molecule is CC(=O)Cc1cnc2c(c1)CN(C)CC2. The fourth-order valence-electron chi connectivity index (χ4n) is 2.00. The lowest BCUT2D eigenvalue weighted by atomic mass is 10.0. The molecule has 1 aromatic rings. The monoisotopic (exact) mass is 204 g/mol. The van der Waals surface area contributed by atoms with E-state index in [1.165, 1.54) is 11.3 Å². The molecule has 0 N–H and O–H groups in total. The summed E-state index contributed by atoms with van der Waals surface area (Å²) in [6.45, 7) is 3.64. The van der Waals surface area contributed by atoms with Crippen LogP contribution in [0.2, 0.25) is 0 Å². The average Bonchev–Trinajstić information content (AvgIpc) is 2.16. The summed E-state index contributed by atoms with van der Waals surface area (Å²) >= 11 is 0. The van der Waals surface area contributed by atoms with E-state index in [0.717, 1.165) is 25.1 Å². The molecule has 0 spiro atoms. The van der Waals surface area contributed by atoms with E-state index in [4.69, 9.17) is 0 Å². The number of fused-ring (bicyclic) bond motifs is 1. The molecule has 0 atom stereocenters. The van der Waals surface area contributed by atoms with E-state index in [1.807, 2.05) is 6.20 Å². The quantitative estimate of drug-likeness (QED) is 0.725. The largest absolute Gasteiger partial charge is 0.302 e. The molecular formula is C12H16N2O. The third kappa shape index (κ3) is 2.42. The van der Waals surface area contributed by atoms with Crippen molar-refractivity contribution < 1.29 is 4.79 Å². The highest BCUT2D eigenvalue weighted by atomic mass is 16.1. The number of ketones is 1. The Balaban J connectivity index is 2.24. The van der Waals surface area contributed by atoms with Crippen LogP contribution in [0.1, 0.15) is 23.7 Å². The molecule has 0 unspecified atom stereocenters. The van der Waals surface area contributed by atoms with Crippen LogP contribution in [0.5, 0.6) is 0 Å². The molecule has 2 heterocycles. The smallest absolute Gasteiger partial charge is 0.134 e. The van der Waals surface area contributed by atoms with E-state index in [0.29, 0.717) is 6.42 Å². The van der Waals surface area contributed by atoms with Crippen molar-refractivity contribution in [3.63, 3.8) is 0 Å². The van der Waals surface area contributed by atoms with E-state index < -0.39 is 0 Å². The van der Waals surface area contributed by atoms with Gasteiger partial charge >= 0.3 is 0 Å². The number of hydrogen-bond donors (Lipinski definition) is 0. The van der Waals surface area contributed by atoms with Gasteiger partial charge in [-0.1, -0.05) is 6.07 Å². The summed E-state index contributed by atoms with van der Waals surface area (Å²) in [6, 6.07) is 2.12. The number of rotatable bonds is 2. The molecule has 0 fully saturated rings. The zero-order valence-corrected chi connectivity index (χ0v) is 9.29. The second-order valence-corrected chi connectivity index (χ2v) is 4.32. The molecule has 1 aliphatic heterocycles. The van der Waals surface area contributed by atoms with Gasteiger partial charge in [0.1, 0.15) is 5.78 Å². The van der Waals surface area contributed by atoms with Crippen molar-refractivity contribution >= 4 is 5.78 Å². The van der Waals surface area contributed by atoms with Gasteiger partial charge < -0.3 is 4.90 Å². The van der Waals surface area contributed by atoms with E-state index >= 15 is 0 Å². The molecule has 2 rings (SSSR count). The van der Waals surface area contributed by atoms with Gasteiger partial charge in [-0.25, -0.2) is 0 Å². The molecule has 3 nitrogen and oxygen atoms in total. The molecule has 3 heteroatoms. The molecule has 0 bridgehead atoms. The highest BCUT2D eigenvalue weighted by Crippen LogP contribution is 2.17. The summed E-state index contributed by atoms with van der Waals surface area (Å²) in [4.78, 5) is 17.7. The minimum atomic E-state index is 0.195. The number of carbonyl (C=O) groups is 1. The summed E-state index contributed by atoms with van der Waals surface area (Å²) in [5, 5.41) is 0. The Morgan fingerprint density at radius 1 is 1.60 bits per heavy atom. The minimum absolute atomic E-state index is 0.195. The molecule has 0 amide bonds. The van der Waals surface area contributed by atoms with Crippen LogP contribution in [0.15, 0.2) is 12.3 Å². The van der Waals surface area contributed by atoms with Gasteiger partial charge in [-0.05, 0) is 25.1 Å². The summed E-state index contributed by atoms with van der Waals surface area (Å²) in [6.07, 6.45) is 3.36. The second kappa shape index (κ2) is 4.11. The van der Waals surface area contributed by atoms with Gasteiger partial charge in [0, 0.05) is 37.8 Å². The van der Waals surface area contributed by atoms with Crippen LogP contribution in [-0.4, -0.2) is 29.3 Å². The molecule has 0 saturated carbocycles. The Hall–Kier alpha value is -1.22. The standard InChI is InChI=1S/C12H16N2O/c1-9(15)5-10-6-11-8-14(2)4-3-12(11)13-7-10/h6-7H,3-5,8H2,1-2H3. The molecule has 1 aliphatic rings.